The van der Waals surface area contributed by atoms with Gasteiger partial charge in [-0.3, -0.25) is 4.79 Å². The number of carbonyl (C=O) groups excluding carboxylic acids is 1. The quantitative estimate of drug-likeness (QED) is 0.586. The van der Waals surface area contributed by atoms with Crippen LogP contribution < -0.4 is 0 Å². The van der Waals surface area contributed by atoms with Crippen LogP contribution in [-0.2, 0) is 9.53 Å². The molecule has 1 aliphatic heterocycles. The van der Waals surface area contributed by atoms with Gasteiger partial charge in [0.05, 0.1) is 0 Å². The van der Waals surface area contributed by atoms with Gasteiger partial charge in [0, 0.05) is 33.2 Å². The standard InChI is InChI=1S/C9H17NO2/c1-10(2)9(11)8-4-3-6-12-7-5-8/h8H,3-7H2,1-2H3. The van der Waals surface area contributed by atoms with E-state index in [9.17, 15) is 4.79 Å². The monoisotopic (exact) mass is 171 g/mol. The van der Waals surface area contributed by atoms with Gasteiger partial charge in [-0.1, -0.05) is 0 Å². The molecule has 0 aromatic heterocycles. The smallest absolute Gasteiger partial charge is 0.225 e. The average Bonchev–Trinajstić information content (AvgIpc) is 2.30. The first kappa shape index (κ1) is 9.52. The number of hydrogen-bond donors (Lipinski definition) is 0. The van der Waals surface area contributed by atoms with Crippen LogP contribution in [-0.4, -0.2) is 38.1 Å². The highest BCUT2D eigenvalue weighted by atomic mass is 16.5. The Balaban J connectivity index is 2.43. The lowest BCUT2D eigenvalue weighted by atomic mass is 9.99. The second kappa shape index (κ2) is 4.45. The summed E-state index contributed by atoms with van der Waals surface area (Å²) >= 11 is 0. The molecule has 0 N–H and O–H groups in total. The van der Waals surface area contributed by atoms with Crippen molar-refractivity contribution in [1.29, 1.82) is 0 Å². The summed E-state index contributed by atoms with van der Waals surface area (Å²) in [6, 6.07) is 0. The third-order valence-corrected chi connectivity index (χ3v) is 2.24. The van der Waals surface area contributed by atoms with E-state index in [4.69, 9.17) is 4.74 Å². The number of rotatable bonds is 1. The summed E-state index contributed by atoms with van der Waals surface area (Å²) in [5.41, 5.74) is 0. The first-order valence-electron chi connectivity index (χ1n) is 4.50. The van der Waals surface area contributed by atoms with Crippen molar-refractivity contribution < 1.29 is 9.53 Å². The molecular weight excluding hydrogens is 154 g/mol. The number of hydrogen-bond acceptors (Lipinski definition) is 2. The Hall–Kier alpha value is -0.570. The van der Waals surface area contributed by atoms with Crippen LogP contribution in [0.4, 0.5) is 0 Å². The van der Waals surface area contributed by atoms with Gasteiger partial charge in [0.15, 0.2) is 0 Å². The molecule has 1 aliphatic rings. The summed E-state index contributed by atoms with van der Waals surface area (Å²) in [6.07, 6.45) is 2.89. The van der Waals surface area contributed by atoms with E-state index in [0.29, 0.717) is 0 Å². The van der Waals surface area contributed by atoms with E-state index in [1.54, 1.807) is 4.90 Å². The lowest BCUT2D eigenvalue weighted by molar-refractivity contribution is -0.133. The molecule has 1 heterocycles. The highest BCUT2D eigenvalue weighted by molar-refractivity contribution is 5.78. The van der Waals surface area contributed by atoms with Gasteiger partial charge in [-0.2, -0.15) is 0 Å². The lowest BCUT2D eigenvalue weighted by Crippen LogP contribution is -2.29. The van der Waals surface area contributed by atoms with Gasteiger partial charge in [0.2, 0.25) is 5.91 Å². The first-order chi connectivity index (χ1) is 5.72. The third-order valence-electron chi connectivity index (χ3n) is 2.24. The van der Waals surface area contributed by atoms with Gasteiger partial charge in [-0.15, -0.1) is 0 Å². The molecule has 1 fully saturated rings. The van der Waals surface area contributed by atoms with E-state index >= 15 is 0 Å². The molecule has 1 atom stereocenters. The highest BCUT2D eigenvalue weighted by Gasteiger charge is 2.21. The van der Waals surface area contributed by atoms with Crippen molar-refractivity contribution in [3.63, 3.8) is 0 Å². The summed E-state index contributed by atoms with van der Waals surface area (Å²) in [5, 5.41) is 0. The van der Waals surface area contributed by atoms with Crippen LogP contribution in [0.25, 0.3) is 0 Å². The maximum Gasteiger partial charge on any atom is 0.225 e. The van der Waals surface area contributed by atoms with E-state index in [1.165, 1.54) is 0 Å². The molecule has 1 saturated heterocycles. The molecular formula is C9H17NO2. The van der Waals surface area contributed by atoms with Crippen LogP contribution in [0.2, 0.25) is 0 Å². The summed E-state index contributed by atoms with van der Waals surface area (Å²) in [4.78, 5) is 13.2. The minimum Gasteiger partial charge on any atom is -0.381 e. The molecule has 12 heavy (non-hydrogen) atoms. The third kappa shape index (κ3) is 2.48. The topological polar surface area (TPSA) is 29.5 Å². The fourth-order valence-electron chi connectivity index (χ4n) is 1.52. The molecule has 1 rings (SSSR count). The SMILES string of the molecule is CN(C)C(=O)C1CCCOCC1. The summed E-state index contributed by atoms with van der Waals surface area (Å²) in [5.74, 6) is 0.447. The molecule has 70 valence electrons. The second-order valence-corrected chi connectivity index (χ2v) is 3.47. The molecule has 1 amide bonds. The predicted molar refractivity (Wildman–Crippen MR) is 46.9 cm³/mol. The molecule has 0 radical (unpaired) electrons. The van der Waals surface area contributed by atoms with E-state index in [0.717, 1.165) is 32.5 Å². The van der Waals surface area contributed by atoms with Crippen LogP contribution in [0.1, 0.15) is 19.3 Å². The molecule has 0 aromatic carbocycles. The van der Waals surface area contributed by atoms with Crippen LogP contribution in [0, 0.1) is 5.92 Å². The molecule has 0 aliphatic carbocycles. The van der Waals surface area contributed by atoms with Crippen molar-refractivity contribution in [3.8, 4) is 0 Å². The summed E-state index contributed by atoms with van der Waals surface area (Å²) in [6.45, 7) is 1.56. The van der Waals surface area contributed by atoms with E-state index in [1.807, 2.05) is 14.1 Å². The Morgan fingerprint density at radius 1 is 1.33 bits per heavy atom. The van der Waals surface area contributed by atoms with Crippen molar-refractivity contribution >= 4 is 5.91 Å². The predicted octanol–water partition coefficient (Wildman–Crippen LogP) is 0.891. The minimum absolute atomic E-state index is 0.197. The van der Waals surface area contributed by atoms with Crippen molar-refractivity contribution in [2.75, 3.05) is 27.3 Å². The van der Waals surface area contributed by atoms with Gasteiger partial charge in [-0.25, -0.2) is 0 Å². The van der Waals surface area contributed by atoms with Crippen molar-refractivity contribution in [1.82, 2.24) is 4.90 Å². The molecule has 0 spiro atoms. The zero-order valence-electron chi connectivity index (χ0n) is 7.88. The highest BCUT2D eigenvalue weighted by Crippen LogP contribution is 2.17. The Bertz CT molecular complexity index is 149. The lowest BCUT2D eigenvalue weighted by Gasteiger charge is -2.17. The van der Waals surface area contributed by atoms with E-state index in [2.05, 4.69) is 0 Å². The number of amides is 1. The zero-order chi connectivity index (χ0) is 8.97. The Kier molecular flexibility index (Phi) is 3.53. The average molecular weight is 171 g/mol. The van der Waals surface area contributed by atoms with Gasteiger partial charge in [-0.05, 0) is 19.3 Å². The van der Waals surface area contributed by atoms with Crippen LogP contribution >= 0.6 is 0 Å². The molecule has 0 bridgehead atoms. The summed E-state index contributed by atoms with van der Waals surface area (Å²) < 4.78 is 5.28. The normalized spacial score (nSPS) is 24.7. The molecule has 3 heteroatoms. The fraction of sp³-hybridized carbons (Fsp3) is 0.889. The first-order valence-corrected chi connectivity index (χ1v) is 4.50. The minimum atomic E-state index is 0.197. The van der Waals surface area contributed by atoms with Gasteiger partial charge < -0.3 is 9.64 Å². The van der Waals surface area contributed by atoms with Crippen molar-refractivity contribution in [2.24, 2.45) is 5.92 Å². The van der Waals surface area contributed by atoms with Crippen molar-refractivity contribution in [3.05, 3.63) is 0 Å². The number of ether oxygens (including phenoxy) is 1. The van der Waals surface area contributed by atoms with Crippen LogP contribution in [0.5, 0.6) is 0 Å². The van der Waals surface area contributed by atoms with Crippen LogP contribution in [0.3, 0.4) is 0 Å². The Labute approximate surface area is 73.7 Å². The largest absolute Gasteiger partial charge is 0.381 e. The molecule has 3 nitrogen and oxygen atoms in total. The van der Waals surface area contributed by atoms with E-state index < -0.39 is 0 Å². The maximum absolute atomic E-state index is 11.5. The van der Waals surface area contributed by atoms with Gasteiger partial charge in [0.25, 0.3) is 0 Å². The van der Waals surface area contributed by atoms with E-state index in [-0.39, 0.29) is 11.8 Å². The van der Waals surface area contributed by atoms with Crippen molar-refractivity contribution in [2.45, 2.75) is 19.3 Å². The molecule has 0 saturated carbocycles. The second-order valence-electron chi connectivity index (χ2n) is 3.47. The van der Waals surface area contributed by atoms with Gasteiger partial charge in [0.1, 0.15) is 0 Å². The summed E-state index contributed by atoms with van der Waals surface area (Å²) in [7, 11) is 3.63. The maximum atomic E-state index is 11.5. The fourth-order valence-corrected chi connectivity index (χ4v) is 1.52. The number of carbonyl (C=O) groups is 1. The number of nitrogens with zero attached hydrogens (tertiary/aromatic N) is 1. The molecule has 0 aromatic rings. The zero-order valence-corrected chi connectivity index (χ0v) is 7.88. The Morgan fingerprint density at radius 3 is 2.75 bits per heavy atom. The van der Waals surface area contributed by atoms with Gasteiger partial charge >= 0.3 is 0 Å². The molecule has 1 unspecified atom stereocenters. The van der Waals surface area contributed by atoms with Crippen LogP contribution in [0.15, 0.2) is 0 Å². The Morgan fingerprint density at radius 2 is 2.08 bits per heavy atom.